The average Bonchev–Trinajstić information content (AvgIpc) is 2.40. The first-order valence-corrected chi connectivity index (χ1v) is 8.26. The molecule has 0 aromatic carbocycles. The molecule has 1 N–H and O–H groups in total. The molecule has 0 aromatic heterocycles. The molecule has 130 valence electrons. The first-order valence-electron chi connectivity index (χ1n) is 8.26. The smallest absolute Gasteiger partial charge is 0.330 e. The molecule has 0 bridgehead atoms. The number of esters is 1. The minimum atomic E-state index is -0.613. The number of rotatable bonds is 9. The fourth-order valence-electron chi connectivity index (χ4n) is 1.90. The summed E-state index contributed by atoms with van der Waals surface area (Å²) in [6.45, 7) is 12.9. The number of aliphatic carboxylic acids is 1. The molecule has 0 radical (unpaired) electrons. The fourth-order valence-corrected chi connectivity index (χ4v) is 1.90. The van der Waals surface area contributed by atoms with Crippen molar-refractivity contribution in [2.24, 2.45) is 5.92 Å². The highest BCUT2D eigenvalue weighted by Crippen LogP contribution is 2.16. The average molecular weight is 314 g/mol. The zero-order valence-electron chi connectivity index (χ0n) is 15.0. The van der Waals surface area contributed by atoms with E-state index < -0.39 is 11.6 Å². The van der Waals surface area contributed by atoms with E-state index in [4.69, 9.17) is 9.84 Å². The Morgan fingerprint density at radius 2 is 1.68 bits per heavy atom. The normalized spacial score (nSPS) is 11.9. The number of hydrogen-bond acceptors (Lipinski definition) is 3. The lowest BCUT2D eigenvalue weighted by molar-refractivity contribution is -0.148. The second kappa shape index (κ2) is 13.4. The lowest BCUT2D eigenvalue weighted by Crippen LogP contribution is -2.22. The monoisotopic (exact) mass is 314 g/mol. The Morgan fingerprint density at radius 3 is 2.00 bits per heavy atom. The van der Waals surface area contributed by atoms with Crippen LogP contribution < -0.4 is 0 Å². The van der Waals surface area contributed by atoms with Crippen LogP contribution in [0, 0.1) is 5.92 Å². The van der Waals surface area contributed by atoms with Crippen LogP contribution in [0.4, 0.5) is 0 Å². The van der Waals surface area contributed by atoms with Gasteiger partial charge in [0.15, 0.2) is 0 Å². The van der Waals surface area contributed by atoms with Crippen molar-refractivity contribution in [1.82, 2.24) is 0 Å². The maximum absolute atomic E-state index is 10.8. The first kappa shape index (κ1) is 23.0. The van der Waals surface area contributed by atoms with Crippen LogP contribution in [0.1, 0.15) is 79.6 Å². The molecule has 0 fully saturated rings. The Morgan fingerprint density at radius 1 is 1.09 bits per heavy atom. The van der Waals surface area contributed by atoms with Gasteiger partial charge in [-0.2, -0.15) is 0 Å². The third-order valence-electron chi connectivity index (χ3n) is 2.97. The molecule has 0 aliphatic rings. The highest BCUT2D eigenvalue weighted by molar-refractivity contribution is 5.81. The molecule has 22 heavy (non-hydrogen) atoms. The molecule has 4 heteroatoms. The highest BCUT2D eigenvalue weighted by Gasteiger charge is 2.15. The summed E-state index contributed by atoms with van der Waals surface area (Å²) in [7, 11) is 0. The Balaban J connectivity index is 0. The molecular weight excluding hydrogens is 280 g/mol. The summed E-state index contributed by atoms with van der Waals surface area (Å²) in [6.07, 6.45) is 8.54. The van der Waals surface area contributed by atoms with E-state index in [1.807, 2.05) is 27.7 Å². The number of ether oxygens (including phenoxy) is 1. The summed E-state index contributed by atoms with van der Waals surface area (Å²) in [6, 6.07) is 0. The molecule has 4 nitrogen and oxygen atoms in total. The summed E-state index contributed by atoms with van der Waals surface area (Å²) >= 11 is 0. The standard InChI is InChI=1S/C11H22O2.C7H12O2/c1-3-5-6-7-9-10(8-4-2)11(12)13;1-5-6(8)9-7(2,3)4/h10H,3-9H2,1-2H3,(H,12,13);5H,1H2,2-4H3. The number of carbonyl (C=O) groups is 2. The third-order valence-corrected chi connectivity index (χ3v) is 2.97. The molecule has 0 saturated carbocycles. The van der Waals surface area contributed by atoms with E-state index in [-0.39, 0.29) is 11.9 Å². The van der Waals surface area contributed by atoms with Gasteiger partial charge in [-0.3, -0.25) is 4.79 Å². The van der Waals surface area contributed by atoms with Crippen LogP contribution in [0.3, 0.4) is 0 Å². The predicted octanol–water partition coefficient (Wildman–Crippen LogP) is 4.97. The topological polar surface area (TPSA) is 63.6 Å². The molecule has 1 atom stereocenters. The second-order valence-corrected chi connectivity index (χ2v) is 6.41. The van der Waals surface area contributed by atoms with E-state index in [1.54, 1.807) is 0 Å². The minimum absolute atomic E-state index is 0.0955. The van der Waals surface area contributed by atoms with Crippen molar-refractivity contribution in [3.63, 3.8) is 0 Å². The molecule has 1 unspecified atom stereocenters. The molecule has 0 aliphatic heterocycles. The zero-order chi connectivity index (χ0) is 17.6. The Hall–Kier alpha value is -1.32. The van der Waals surface area contributed by atoms with Gasteiger partial charge in [0.2, 0.25) is 0 Å². The van der Waals surface area contributed by atoms with Gasteiger partial charge in [-0.1, -0.05) is 52.5 Å². The largest absolute Gasteiger partial charge is 0.481 e. The van der Waals surface area contributed by atoms with Gasteiger partial charge in [-0.25, -0.2) is 4.79 Å². The van der Waals surface area contributed by atoms with Crippen LogP contribution in [0.5, 0.6) is 0 Å². The summed E-state index contributed by atoms with van der Waals surface area (Å²) in [5.41, 5.74) is -0.398. The Kier molecular flexibility index (Phi) is 13.9. The van der Waals surface area contributed by atoms with E-state index in [1.165, 1.54) is 19.3 Å². The van der Waals surface area contributed by atoms with Gasteiger partial charge in [0, 0.05) is 6.08 Å². The van der Waals surface area contributed by atoms with Crippen molar-refractivity contribution < 1.29 is 19.4 Å². The maximum atomic E-state index is 10.8. The molecule has 0 amide bonds. The predicted molar refractivity (Wildman–Crippen MR) is 90.8 cm³/mol. The van der Waals surface area contributed by atoms with Gasteiger partial charge < -0.3 is 9.84 Å². The minimum Gasteiger partial charge on any atom is -0.481 e. The summed E-state index contributed by atoms with van der Waals surface area (Å²) in [4.78, 5) is 21.2. The van der Waals surface area contributed by atoms with Crippen LogP contribution in [0.2, 0.25) is 0 Å². The van der Waals surface area contributed by atoms with Crippen molar-refractivity contribution in [1.29, 1.82) is 0 Å². The summed E-state index contributed by atoms with van der Waals surface area (Å²) in [5.74, 6) is -1.08. The molecule has 0 aliphatic carbocycles. The van der Waals surface area contributed by atoms with Crippen LogP contribution in [0.25, 0.3) is 0 Å². The lowest BCUT2D eigenvalue weighted by Gasteiger charge is -2.17. The van der Waals surface area contributed by atoms with E-state index in [0.29, 0.717) is 0 Å². The van der Waals surface area contributed by atoms with Gasteiger partial charge in [0.1, 0.15) is 5.60 Å². The van der Waals surface area contributed by atoms with Gasteiger partial charge >= 0.3 is 11.9 Å². The highest BCUT2D eigenvalue weighted by atomic mass is 16.6. The van der Waals surface area contributed by atoms with E-state index >= 15 is 0 Å². The SMILES string of the molecule is C=CC(=O)OC(C)(C)C.CCCCCCC(CCC)C(=O)O. The molecule has 0 saturated heterocycles. The lowest BCUT2D eigenvalue weighted by atomic mass is 9.96. The number of carboxylic acids is 1. The number of hydrogen-bond donors (Lipinski definition) is 1. The number of carboxylic acid groups (broad SMARTS) is 1. The quantitative estimate of drug-likeness (QED) is 0.370. The van der Waals surface area contributed by atoms with Crippen molar-refractivity contribution in [2.75, 3.05) is 0 Å². The van der Waals surface area contributed by atoms with Gasteiger partial charge in [-0.05, 0) is 33.6 Å². The first-order chi connectivity index (χ1) is 10.2. The Bertz CT molecular complexity index is 316. The van der Waals surface area contributed by atoms with E-state index in [9.17, 15) is 9.59 Å². The number of carbonyl (C=O) groups excluding carboxylic acids is 1. The second-order valence-electron chi connectivity index (χ2n) is 6.41. The van der Waals surface area contributed by atoms with Crippen LogP contribution in [-0.2, 0) is 14.3 Å². The van der Waals surface area contributed by atoms with Crippen LogP contribution in [0.15, 0.2) is 12.7 Å². The van der Waals surface area contributed by atoms with Crippen molar-refractivity contribution in [2.45, 2.75) is 85.2 Å². The molecule has 0 rings (SSSR count). The maximum Gasteiger partial charge on any atom is 0.330 e. The summed E-state index contributed by atoms with van der Waals surface area (Å²) < 4.78 is 4.83. The molecule has 0 aromatic rings. The van der Waals surface area contributed by atoms with Gasteiger partial charge in [0.05, 0.1) is 5.92 Å². The third kappa shape index (κ3) is 16.7. The molecule has 0 spiro atoms. The van der Waals surface area contributed by atoms with Crippen molar-refractivity contribution in [3.05, 3.63) is 12.7 Å². The van der Waals surface area contributed by atoms with E-state index in [0.717, 1.165) is 31.8 Å². The van der Waals surface area contributed by atoms with Gasteiger partial charge in [-0.15, -0.1) is 0 Å². The fraction of sp³-hybridized carbons (Fsp3) is 0.778. The van der Waals surface area contributed by atoms with Crippen LogP contribution in [-0.4, -0.2) is 22.6 Å². The molecule has 0 heterocycles. The zero-order valence-corrected chi connectivity index (χ0v) is 15.0. The number of unbranched alkanes of at least 4 members (excludes halogenated alkanes) is 3. The summed E-state index contributed by atoms with van der Waals surface area (Å²) in [5, 5.41) is 8.86. The van der Waals surface area contributed by atoms with Crippen LogP contribution >= 0.6 is 0 Å². The molecular formula is C18H34O4. The van der Waals surface area contributed by atoms with Gasteiger partial charge in [0.25, 0.3) is 0 Å². The van der Waals surface area contributed by atoms with Crippen molar-refractivity contribution >= 4 is 11.9 Å². The van der Waals surface area contributed by atoms with E-state index in [2.05, 4.69) is 13.5 Å². The Labute approximate surface area is 135 Å². The van der Waals surface area contributed by atoms with Crippen molar-refractivity contribution in [3.8, 4) is 0 Å².